The molecule has 1 aromatic carbocycles. The molecule has 2 aliphatic rings. The van der Waals surface area contributed by atoms with Crippen LogP contribution in [0.25, 0.3) is 0 Å². The molecule has 1 aromatic rings. The van der Waals surface area contributed by atoms with Crippen LogP contribution in [0.15, 0.2) is 28.7 Å². The van der Waals surface area contributed by atoms with Gasteiger partial charge < -0.3 is 15.1 Å². The number of halogens is 2. The Hall–Kier alpha value is -1.11. The van der Waals surface area contributed by atoms with Gasteiger partial charge in [-0.1, -0.05) is 34.1 Å². The molecular weight excluding hydrogens is 406 g/mol. The third-order valence-electron chi connectivity index (χ3n) is 4.88. The van der Waals surface area contributed by atoms with E-state index in [1.165, 1.54) is 0 Å². The van der Waals surface area contributed by atoms with Crippen LogP contribution in [0.1, 0.15) is 24.8 Å². The van der Waals surface area contributed by atoms with Crippen molar-refractivity contribution in [2.75, 3.05) is 32.7 Å². The first-order chi connectivity index (χ1) is 11.6. The van der Waals surface area contributed by atoms with E-state index in [2.05, 4.69) is 27.3 Å². The Kier molecular flexibility index (Phi) is 7.72. The van der Waals surface area contributed by atoms with Gasteiger partial charge in [-0.25, -0.2) is 0 Å². The van der Waals surface area contributed by atoms with Gasteiger partial charge >= 0.3 is 0 Å². The van der Waals surface area contributed by atoms with Gasteiger partial charge in [-0.05, 0) is 30.9 Å². The van der Waals surface area contributed by atoms with Gasteiger partial charge in [0, 0.05) is 43.1 Å². The number of nitrogens with one attached hydrogen (secondary N) is 1. The standard InChI is InChI=1S/C18H24BrN3O2.ClH/c19-16-6-2-1-4-14(16)7-8-17(23)21-10-3-5-15(13-21)22-11-9-20-12-18(22)24;/h1-2,4,6,15,20H,3,5,7-13H2;1H. The first kappa shape index (κ1) is 20.2. The van der Waals surface area contributed by atoms with Crippen molar-refractivity contribution in [3.63, 3.8) is 0 Å². The fourth-order valence-electron chi connectivity index (χ4n) is 3.54. The molecule has 5 nitrogen and oxygen atoms in total. The first-order valence-corrected chi connectivity index (χ1v) is 9.46. The monoisotopic (exact) mass is 429 g/mol. The lowest BCUT2D eigenvalue weighted by Gasteiger charge is -2.41. The molecule has 2 aliphatic heterocycles. The maximum atomic E-state index is 12.6. The van der Waals surface area contributed by atoms with Gasteiger partial charge in [-0.3, -0.25) is 9.59 Å². The van der Waals surface area contributed by atoms with E-state index in [-0.39, 0.29) is 30.3 Å². The molecule has 2 saturated heterocycles. The lowest BCUT2D eigenvalue weighted by atomic mass is 10.0. The lowest BCUT2D eigenvalue weighted by Crippen LogP contribution is -2.57. The third-order valence-corrected chi connectivity index (χ3v) is 5.66. The van der Waals surface area contributed by atoms with Crippen LogP contribution in [0.3, 0.4) is 0 Å². The Morgan fingerprint density at radius 1 is 1.28 bits per heavy atom. The molecule has 0 saturated carbocycles. The van der Waals surface area contributed by atoms with Crippen molar-refractivity contribution in [1.29, 1.82) is 0 Å². The van der Waals surface area contributed by atoms with Crippen molar-refractivity contribution in [1.82, 2.24) is 15.1 Å². The number of benzene rings is 1. The minimum absolute atomic E-state index is 0. The highest BCUT2D eigenvalue weighted by Gasteiger charge is 2.31. The second-order valence-corrected chi connectivity index (χ2v) is 7.35. The molecule has 1 atom stereocenters. The lowest BCUT2D eigenvalue weighted by molar-refractivity contribution is -0.140. The molecule has 0 spiro atoms. The van der Waals surface area contributed by atoms with Crippen molar-refractivity contribution in [3.05, 3.63) is 34.3 Å². The van der Waals surface area contributed by atoms with E-state index in [9.17, 15) is 9.59 Å². The largest absolute Gasteiger partial charge is 0.341 e. The molecule has 2 fully saturated rings. The summed E-state index contributed by atoms with van der Waals surface area (Å²) in [5, 5.41) is 3.11. The highest BCUT2D eigenvalue weighted by molar-refractivity contribution is 9.10. The molecule has 0 bridgehead atoms. The van der Waals surface area contributed by atoms with Gasteiger partial charge in [0.05, 0.1) is 6.54 Å². The number of carbonyl (C=O) groups excluding carboxylic acids is 2. The smallest absolute Gasteiger partial charge is 0.236 e. The summed E-state index contributed by atoms with van der Waals surface area (Å²) in [4.78, 5) is 28.6. The van der Waals surface area contributed by atoms with Crippen LogP contribution in [0, 0.1) is 0 Å². The quantitative estimate of drug-likeness (QED) is 0.797. The van der Waals surface area contributed by atoms with Crippen LogP contribution in [0.2, 0.25) is 0 Å². The molecule has 0 radical (unpaired) electrons. The zero-order chi connectivity index (χ0) is 16.9. The number of amides is 2. The minimum Gasteiger partial charge on any atom is -0.341 e. The van der Waals surface area contributed by atoms with E-state index in [1.807, 2.05) is 28.0 Å². The van der Waals surface area contributed by atoms with Crippen molar-refractivity contribution < 1.29 is 9.59 Å². The number of piperazine rings is 1. The van der Waals surface area contributed by atoms with Crippen molar-refractivity contribution in [2.45, 2.75) is 31.7 Å². The van der Waals surface area contributed by atoms with Gasteiger partial charge in [0.1, 0.15) is 0 Å². The maximum Gasteiger partial charge on any atom is 0.236 e. The predicted molar refractivity (Wildman–Crippen MR) is 104 cm³/mol. The number of hydrogen-bond donors (Lipinski definition) is 1. The highest BCUT2D eigenvalue weighted by Crippen LogP contribution is 2.20. The van der Waals surface area contributed by atoms with Gasteiger partial charge in [-0.15, -0.1) is 12.4 Å². The molecule has 1 N–H and O–H groups in total. The van der Waals surface area contributed by atoms with E-state index in [0.29, 0.717) is 19.5 Å². The van der Waals surface area contributed by atoms with Gasteiger partial charge in [0.2, 0.25) is 11.8 Å². The molecule has 0 aromatic heterocycles. The summed E-state index contributed by atoms with van der Waals surface area (Å²) >= 11 is 3.54. The molecule has 0 aliphatic carbocycles. The topological polar surface area (TPSA) is 52.7 Å². The summed E-state index contributed by atoms with van der Waals surface area (Å²) in [5.41, 5.74) is 1.16. The molecule has 2 amide bonds. The van der Waals surface area contributed by atoms with Crippen LogP contribution in [-0.4, -0.2) is 60.4 Å². The van der Waals surface area contributed by atoms with Gasteiger partial charge in [0.25, 0.3) is 0 Å². The van der Waals surface area contributed by atoms with E-state index in [0.717, 1.165) is 48.9 Å². The summed E-state index contributed by atoms with van der Waals surface area (Å²) < 4.78 is 1.06. The number of nitrogens with zero attached hydrogens (tertiary/aromatic N) is 2. The zero-order valence-electron chi connectivity index (χ0n) is 14.2. The fourth-order valence-corrected chi connectivity index (χ4v) is 4.03. The fraction of sp³-hybridized carbons (Fsp3) is 0.556. The Morgan fingerprint density at radius 2 is 2.08 bits per heavy atom. The van der Waals surface area contributed by atoms with Gasteiger partial charge in [0.15, 0.2) is 0 Å². The highest BCUT2D eigenvalue weighted by atomic mass is 79.9. The van der Waals surface area contributed by atoms with Crippen LogP contribution < -0.4 is 5.32 Å². The Balaban J connectivity index is 0.00000225. The van der Waals surface area contributed by atoms with Crippen LogP contribution >= 0.6 is 28.3 Å². The average molecular weight is 431 g/mol. The van der Waals surface area contributed by atoms with Crippen LogP contribution in [0.5, 0.6) is 0 Å². The van der Waals surface area contributed by atoms with Crippen molar-refractivity contribution in [2.24, 2.45) is 0 Å². The van der Waals surface area contributed by atoms with Crippen LogP contribution in [-0.2, 0) is 16.0 Å². The number of likely N-dealkylation sites (tertiary alicyclic amines) is 1. The number of piperidine rings is 1. The summed E-state index contributed by atoms with van der Waals surface area (Å²) in [6.45, 7) is 3.51. The second kappa shape index (κ2) is 9.55. The van der Waals surface area contributed by atoms with E-state index >= 15 is 0 Å². The molecule has 138 valence electrons. The van der Waals surface area contributed by atoms with E-state index < -0.39 is 0 Å². The molecule has 2 heterocycles. The Bertz CT molecular complexity index is 614. The summed E-state index contributed by atoms with van der Waals surface area (Å²) in [6.07, 6.45) is 3.24. The van der Waals surface area contributed by atoms with E-state index in [1.54, 1.807) is 0 Å². The summed E-state index contributed by atoms with van der Waals surface area (Å²) in [5.74, 6) is 0.354. The Labute approximate surface area is 163 Å². The minimum atomic E-state index is 0. The number of rotatable bonds is 4. The molecule has 7 heteroatoms. The molecule has 1 unspecified atom stereocenters. The maximum absolute atomic E-state index is 12.6. The summed E-state index contributed by atoms with van der Waals surface area (Å²) in [6, 6.07) is 8.22. The van der Waals surface area contributed by atoms with Crippen LogP contribution in [0.4, 0.5) is 0 Å². The average Bonchev–Trinajstić information content (AvgIpc) is 2.61. The number of hydrogen-bond acceptors (Lipinski definition) is 3. The third kappa shape index (κ3) is 5.19. The Morgan fingerprint density at radius 3 is 2.84 bits per heavy atom. The van der Waals surface area contributed by atoms with Crippen molar-refractivity contribution >= 4 is 40.2 Å². The van der Waals surface area contributed by atoms with Gasteiger partial charge in [-0.2, -0.15) is 0 Å². The summed E-state index contributed by atoms with van der Waals surface area (Å²) in [7, 11) is 0. The molecule has 25 heavy (non-hydrogen) atoms. The molecule has 3 rings (SSSR count). The SMILES string of the molecule is Cl.O=C(CCc1ccccc1Br)N1CCCC(N2CCNCC2=O)C1. The van der Waals surface area contributed by atoms with Crippen molar-refractivity contribution in [3.8, 4) is 0 Å². The molecular formula is C18H25BrClN3O2. The number of carbonyl (C=O) groups is 2. The predicted octanol–water partition coefficient (Wildman–Crippen LogP) is 2.23. The van der Waals surface area contributed by atoms with E-state index in [4.69, 9.17) is 0 Å². The normalized spacial score (nSPS) is 21.0. The first-order valence-electron chi connectivity index (χ1n) is 8.66. The zero-order valence-corrected chi connectivity index (χ0v) is 16.7. The second-order valence-electron chi connectivity index (χ2n) is 6.49. The number of aryl methyl sites for hydroxylation is 1.